The van der Waals surface area contributed by atoms with E-state index < -0.39 is 0 Å². The molecule has 2 aromatic heterocycles. The van der Waals surface area contributed by atoms with Gasteiger partial charge in [0, 0.05) is 27.9 Å². The van der Waals surface area contributed by atoms with Gasteiger partial charge in [0.1, 0.15) is 5.82 Å². The van der Waals surface area contributed by atoms with E-state index in [1.54, 1.807) is 0 Å². The van der Waals surface area contributed by atoms with Crippen molar-refractivity contribution in [2.45, 2.75) is 0 Å². The highest BCUT2D eigenvalue weighted by atomic mass is 15.1. The highest BCUT2D eigenvalue weighted by Gasteiger charge is 2.19. The molecule has 0 aliphatic heterocycles. The molecule has 0 saturated carbocycles. The highest BCUT2D eigenvalue weighted by Crippen LogP contribution is 2.42. The number of rotatable bonds is 9. The van der Waals surface area contributed by atoms with Crippen molar-refractivity contribution in [1.82, 2.24) is 24.5 Å². The molecule has 0 radical (unpaired) electrons. The van der Waals surface area contributed by atoms with E-state index >= 15 is 0 Å². The van der Waals surface area contributed by atoms with Crippen molar-refractivity contribution in [3.63, 3.8) is 0 Å². The molecular formula is C62H41N5. The standard InChI is InChI=1S/C62H41N5/c1-4-18-42(19-5-1)43-34-38-46(39-35-43)60-64-59(45-20-6-2-7-21-45)65-61(66-60)56-27-13-12-26-55(56)54-31-17-29-52-51(28-16-30-53(52)54)50-25-11-10-24-49(50)44-36-40-47(41-37-44)62-63-57-32-14-15-33-58(57)67(62)48-22-8-3-9-23-48/h1-41H. The van der Waals surface area contributed by atoms with Crippen LogP contribution >= 0.6 is 0 Å². The molecule has 0 aliphatic rings. The van der Waals surface area contributed by atoms with Crippen molar-refractivity contribution in [3.8, 4) is 95.7 Å². The number of nitrogens with zero attached hydrogens (tertiary/aromatic N) is 5. The first kappa shape index (κ1) is 39.5. The third kappa shape index (κ3) is 7.44. The number of benzene rings is 10. The average Bonchev–Trinajstić information content (AvgIpc) is 3.81. The van der Waals surface area contributed by atoms with Crippen LogP contribution in [0.1, 0.15) is 0 Å². The molecule has 2 heterocycles. The molecule has 0 atom stereocenters. The Morgan fingerprint density at radius 3 is 1.30 bits per heavy atom. The van der Waals surface area contributed by atoms with Crippen molar-refractivity contribution in [2.24, 2.45) is 0 Å². The maximum atomic E-state index is 5.21. The van der Waals surface area contributed by atoms with Gasteiger partial charge >= 0.3 is 0 Å². The Balaban J connectivity index is 0.939. The van der Waals surface area contributed by atoms with E-state index in [-0.39, 0.29) is 0 Å². The van der Waals surface area contributed by atoms with Gasteiger partial charge in [-0.1, -0.05) is 224 Å². The fourth-order valence-electron chi connectivity index (χ4n) is 9.30. The molecule has 0 bridgehead atoms. The van der Waals surface area contributed by atoms with Crippen LogP contribution in [-0.4, -0.2) is 24.5 Å². The lowest BCUT2D eigenvalue weighted by atomic mass is 9.88. The van der Waals surface area contributed by atoms with Crippen LogP contribution in [0, 0.1) is 0 Å². The summed E-state index contributed by atoms with van der Waals surface area (Å²) in [6, 6.07) is 87.1. The molecule has 12 aromatic rings. The number of hydrogen-bond acceptors (Lipinski definition) is 4. The van der Waals surface area contributed by atoms with Crippen LogP contribution in [0.25, 0.3) is 118 Å². The topological polar surface area (TPSA) is 56.5 Å². The fraction of sp³-hybridized carbons (Fsp3) is 0. The number of fused-ring (bicyclic) bond motifs is 2. The maximum Gasteiger partial charge on any atom is 0.164 e. The molecule has 0 saturated heterocycles. The van der Waals surface area contributed by atoms with Gasteiger partial charge in [0.15, 0.2) is 17.5 Å². The predicted octanol–water partition coefficient (Wildman–Crippen LogP) is 15.7. The second-order valence-corrected chi connectivity index (χ2v) is 16.6. The van der Waals surface area contributed by atoms with Crippen LogP contribution in [0.15, 0.2) is 249 Å². The molecule has 12 rings (SSSR count). The predicted molar refractivity (Wildman–Crippen MR) is 275 cm³/mol. The van der Waals surface area contributed by atoms with Crippen LogP contribution in [0.4, 0.5) is 0 Å². The smallest absolute Gasteiger partial charge is 0.164 e. The largest absolute Gasteiger partial charge is 0.292 e. The summed E-state index contributed by atoms with van der Waals surface area (Å²) in [5.74, 6) is 2.78. The van der Waals surface area contributed by atoms with Gasteiger partial charge in [-0.2, -0.15) is 0 Å². The molecule has 67 heavy (non-hydrogen) atoms. The molecule has 0 unspecified atom stereocenters. The lowest BCUT2D eigenvalue weighted by Crippen LogP contribution is -2.01. The summed E-state index contributed by atoms with van der Waals surface area (Å²) < 4.78 is 2.25. The minimum absolute atomic E-state index is 0.618. The summed E-state index contributed by atoms with van der Waals surface area (Å²) >= 11 is 0. The molecule has 314 valence electrons. The summed E-state index contributed by atoms with van der Waals surface area (Å²) in [5.41, 5.74) is 16.0. The maximum absolute atomic E-state index is 5.21. The van der Waals surface area contributed by atoms with E-state index in [0.29, 0.717) is 17.5 Å². The average molecular weight is 856 g/mol. The van der Waals surface area contributed by atoms with E-state index in [4.69, 9.17) is 19.9 Å². The van der Waals surface area contributed by atoms with E-state index in [1.807, 2.05) is 36.4 Å². The third-order valence-corrected chi connectivity index (χ3v) is 12.5. The molecule has 0 fully saturated rings. The zero-order chi connectivity index (χ0) is 44.5. The minimum atomic E-state index is 0.618. The zero-order valence-corrected chi connectivity index (χ0v) is 36.4. The second kappa shape index (κ2) is 17.1. The SMILES string of the molecule is c1ccc(-c2ccc(-c3nc(-c4ccccc4)nc(-c4ccccc4-c4cccc5c(-c6ccccc6-c6ccc(-c7nc8ccccc8n7-c7ccccc7)cc6)cccc45)n3)cc2)cc1. The Hall–Kier alpha value is -9.06. The van der Waals surface area contributed by atoms with E-state index in [2.05, 4.69) is 217 Å². The molecule has 0 spiro atoms. The Kier molecular flexibility index (Phi) is 10.1. The van der Waals surface area contributed by atoms with Crippen LogP contribution in [0.5, 0.6) is 0 Å². The fourth-order valence-corrected chi connectivity index (χ4v) is 9.30. The normalized spacial score (nSPS) is 11.3. The van der Waals surface area contributed by atoms with E-state index in [9.17, 15) is 0 Å². The number of hydrogen-bond donors (Lipinski definition) is 0. The number of para-hydroxylation sites is 3. The molecule has 5 heteroatoms. The van der Waals surface area contributed by atoms with E-state index in [0.717, 1.165) is 100 Å². The Labute approximate surface area is 389 Å². The van der Waals surface area contributed by atoms with Crippen molar-refractivity contribution in [2.75, 3.05) is 0 Å². The molecule has 10 aromatic carbocycles. The summed E-state index contributed by atoms with van der Waals surface area (Å²) in [4.78, 5) is 20.5. The second-order valence-electron chi connectivity index (χ2n) is 16.6. The molecule has 0 amide bonds. The van der Waals surface area contributed by atoms with Gasteiger partial charge in [0.25, 0.3) is 0 Å². The van der Waals surface area contributed by atoms with Crippen molar-refractivity contribution in [1.29, 1.82) is 0 Å². The van der Waals surface area contributed by atoms with Gasteiger partial charge in [-0.3, -0.25) is 4.57 Å². The van der Waals surface area contributed by atoms with Gasteiger partial charge in [0.2, 0.25) is 0 Å². The zero-order valence-electron chi connectivity index (χ0n) is 36.4. The minimum Gasteiger partial charge on any atom is -0.292 e. The van der Waals surface area contributed by atoms with Gasteiger partial charge in [0.05, 0.1) is 11.0 Å². The Morgan fingerprint density at radius 2 is 0.657 bits per heavy atom. The van der Waals surface area contributed by atoms with Gasteiger partial charge in [-0.25, -0.2) is 19.9 Å². The third-order valence-electron chi connectivity index (χ3n) is 12.5. The molecular weight excluding hydrogens is 815 g/mol. The number of aromatic nitrogens is 5. The first-order valence-electron chi connectivity index (χ1n) is 22.6. The number of imidazole rings is 1. The van der Waals surface area contributed by atoms with Crippen LogP contribution < -0.4 is 0 Å². The van der Waals surface area contributed by atoms with Crippen molar-refractivity contribution >= 4 is 21.8 Å². The summed E-state index contributed by atoms with van der Waals surface area (Å²) in [7, 11) is 0. The first-order valence-corrected chi connectivity index (χ1v) is 22.6. The van der Waals surface area contributed by atoms with Crippen LogP contribution in [0.3, 0.4) is 0 Å². The Morgan fingerprint density at radius 1 is 0.239 bits per heavy atom. The lowest BCUT2D eigenvalue weighted by molar-refractivity contribution is 1.07. The monoisotopic (exact) mass is 855 g/mol. The van der Waals surface area contributed by atoms with Gasteiger partial charge in [-0.05, 0) is 79.5 Å². The van der Waals surface area contributed by atoms with Crippen molar-refractivity contribution < 1.29 is 0 Å². The summed E-state index contributed by atoms with van der Waals surface area (Å²) in [6.45, 7) is 0. The molecule has 5 nitrogen and oxygen atoms in total. The van der Waals surface area contributed by atoms with Crippen LogP contribution in [0.2, 0.25) is 0 Å². The van der Waals surface area contributed by atoms with Crippen molar-refractivity contribution in [3.05, 3.63) is 249 Å². The highest BCUT2D eigenvalue weighted by molar-refractivity contribution is 6.08. The quantitative estimate of drug-likeness (QED) is 0.145. The summed E-state index contributed by atoms with van der Waals surface area (Å²) in [6.07, 6.45) is 0. The van der Waals surface area contributed by atoms with Gasteiger partial charge in [-0.15, -0.1) is 0 Å². The summed E-state index contributed by atoms with van der Waals surface area (Å²) in [5, 5.41) is 2.31. The Bertz CT molecular complexity index is 3710. The van der Waals surface area contributed by atoms with E-state index in [1.165, 1.54) is 0 Å². The molecule has 0 N–H and O–H groups in total. The molecule has 0 aliphatic carbocycles. The lowest BCUT2D eigenvalue weighted by Gasteiger charge is -2.16. The van der Waals surface area contributed by atoms with Crippen LogP contribution in [-0.2, 0) is 0 Å². The van der Waals surface area contributed by atoms with Gasteiger partial charge < -0.3 is 0 Å². The first-order chi connectivity index (χ1) is 33.2.